The van der Waals surface area contributed by atoms with E-state index in [9.17, 15) is 9.59 Å². The molecule has 0 saturated heterocycles. The number of hydrogen-bond donors (Lipinski definition) is 1. The fourth-order valence-electron chi connectivity index (χ4n) is 2.04. The van der Waals surface area contributed by atoms with Crippen molar-refractivity contribution in [2.75, 3.05) is 13.2 Å². The number of nitrogens with one attached hydrogen (secondary N) is 1. The molecule has 2 aromatic rings. The maximum atomic E-state index is 11.7. The summed E-state index contributed by atoms with van der Waals surface area (Å²) in [5.41, 5.74) is 1.83. The van der Waals surface area contributed by atoms with Gasteiger partial charge >= 0.3 is 5.97 Å². The molecule has 0 atom stereocenters. The highest BCUT2D eigenvalue weighted by molar-refractivity contribution is 6.31. The van der Waals surface area contributed by atoms with Crippen molar-refractivity contribution in [2.45, 2.75) is 12.8 Å². The molecule has 0 radical (unpaired) electrons. The average Bonchev–Trinajstić information content (AvgIpc) is 2.56. The van der Waals surface area contributed by atoms with Crippen molar-refractivity contribution < 1.29 is 14.3 Å². The molecular weight excluding hydrogens is 314 g/mol. The molecule has 23 heavy (non-hydrogen) atoms. The monoisotopic (exact) mass is 331 g/mol. The number of hydrogen-bond acceptors (Lipinski definition) is 3. The second-order valence-electron chi connectivity index (χ2n) is 5.01. The molecule has 0 saturated carbocycles. The van der Waals surface area contributed by atoms with Crippen molar-refractivity contribution in [3.05, 3.63) is 70.7 Å². The lowest BCUT2D eigenvalue weighted by Crippen LogP contribution is -2.30. The molecule has 0 aromatic heterocycles. The van der Waals surface area contributed by atoms with Gasteiger partial charge in [0.15, 0.2) is 6.61 Å². The fraction of sp³-hybridized carbons (Fsp3) is 0.222. The highest BCUT2D eigenvalue weighted by Gasteiger charge is 2.10. The summed E-state index contributed by atoms with van der Waals surface area (Å²) >= 11 is 5.97. The third-order valence-corrected chi connectivity index (χ3v) is 3.60. The van der Waals surface area contributed by atoms with Crippen molar-refractivity contribution >= 4 is 23.5 Å². The van der Waals surface area contributed by atoms with Gasteiger partial charge in [-0.1, -0.05) is 60.1 Å². The predicted molar refractivity (Wildman–Crippen MR) is 89.3 cm³/mol. The van der Waals surface area contributed by atoms with Gasteiger partial charge in [0.25, 0.3) is 5.91 Å². The highest BCUT2D eigenvalue weighted by Crippen LogP contribution is 2.15. The number of esters is 1. The van der Waals surface area contributed by atoms with Gasteiger partial charge in [0.1, 0.15) is 0 Å². The van der Waals surface area contributed by atoms with E-state index in [0.717, 1.165) is 12.0 Å². The molecule has 120 valence electrons. The Hall–Kier alpha value is -2.33. The first-order valence-corrected chi connectivity index (χ1v) is 7.72. The number of rotatable bonds is 7. The van der Waals surface area contributed by atoms with Gasteiger partial charge in [-0.05, 0) is 23.6 Å². The van der Waals surface area contributed by atoms with Crippen LogP contribution in [0.25, 0.3) is 0 Å². The van der Waals surface area contributed by atoms with E-state index < -0.39 is 5.97 Å². The first-order valence-electron chi connectivity index (χ1n) is 7.35. The normalized spacial score (nSPS) is 10.1. The van der Waals surface area contributed by atoms with Gasteiger partial charge in [-0.25, -0.2) is 0 Å². The molecule has 2 aromatic carbocycles. The number of carbonyl (C=O) groups excluding carboxylic acids is 2. The van der Waals surface area contributed by atoms with Crippen LogP contribution in [0.2, 0.25) is 5.02 Å². The molecule has 0 aliphatic rings. The molecule has 1 N–H and O–H groups in total. The average molecular weight is 332 g/mol. The molecule has 0 bridgehead atoms. The first kappa shape index (κ1) is 17.0. The van der Waals surface area contributed by atoms with E-state index in [1.165, 1.54) is 0 Å². The summed E-state index contributed by atoms with van der Waals surface area (Å²) in [5, 5.41) is 3.23. The van der Waals surface area contributed by atoms with E-state index in [-0.39, 0.29) is 18.9 Å². The smallest absolute Gasteiger partial charge is 0.310 e. The SMILES string of the molecule is O=C(COC(=O)Cc1ccccc1Cl)NCCc1ccccc1. The second-order valence-corrected chi connectivity index (χ2v) is 5.42. The quantitative estimate of drug-likeness (QED) is 0.794. The maximum absolute atomic E-state index is 11.7. The van der Waals surface area contributed by atoms with Crippen LogP contribution in [0.5, 0.6) is 0 Å². The van der Waals surface area contributed by atoms with Crippen LogP contribution in [0.4, 0.5) is 0 Å². The van der Waals surface area contributed by atoms with Crippen molar-refractivity contribution in [1.29, 1.82) is 0 Å². The van der Waals surface area contributed by atoms with Crippen molar-refractivity contribution in [3.63, 3.8) is 0 Å². The lowest BCUT2D eigenvalue weighted by molar-refractivity contribution is -0.147. The lowest BCUT2D eigenvalue weighted by Gasteiger charge is -2.07. The zero-order chi connectivity index (χ0) is 16.5. The van der Waals surface area contributed by atoms with Crippen LogP contribution in [-0.4, -0.2) is 25.0 Å². The number of amides is 1. The van der Waals surface area contributed by atoms with Crippen LogP contribution in [0, 0.1) is 0 Å². The third kappa shape index (κ3) is 6.12. The summed E-state index contributed by atoms with van der Waals surface area (Å²) in [6, 6.07) is 16.9. The van der Waals surface area contributed by atoms with E-state index in [0.29, 0.717) is 17.1 Å². The van der Waals surface area contributed by atoms with E-state index in [4.69, 9.17) is 16.3 Å². The van der Waals surface area contributed by atoms with Gasteiger partial charge in [-0.15, -0.1) is 0 Å². The Morgan fingerprint density at radius 3 is 2.43 bits per heavy atom. The summed E-state index contributed by atoms with van der Waals surface area (Å²) in [6.45, 7) is 0.225. The fourth-order valence-corrected chi connectivity index (χ4v) is 2.24. The molecule has 0 heterocycles. The minimum absolute atomic E-state index is 0.0525. The minimum Gasteiger partial charge on any atom is -0.455 e. The van der Waals surface area contributed by atoms with Crippen molar-refractivity contribution in [2.24, 2.45) is 0 Å². The van der Waals surface area contributed by atoms with Gasteiger partial charge in [0.2, 0.25) is 0 Å². The lowest BCUT2D eigenvalue weighted by atomic mass is 10.1. The Bertz CT molecular complexity index is 658. The topological polar surface area (TPSA) is 55.4 Å². The Morgan fingerprint density at radius 1 is 1.00 bits per heavy atom. The van der Waals surface area contributed by atoms with Gasteiger partial charge in [0, 0.05) is 11.6 Å². The minimum atomic E-state index is -0.476. The molecule has 0 aliphatic carbocycles. The van der Waals surface area contributed by atoms with Crippen LogP contribution in [0.3, 0.4) is 0 Å². The number of ether oxygens (including phenoxy) is 1. The molecular formula is C18H18ClNO3. The predicted octanol–water partition coefficient (Wildman–Crippen LogP) is 2.78. The van der Waals surface area contributed by atoms with E-state index in [1.807, 2.05) is 30.3 Å². The molecule has 5 heteroatoms. The van der Waals surface area contributed by atoms with Crippen LogP contribution < -0.4 is 5.32 Å². The van der Waals surface area contributed by atoms with Crippen molar-refractivity contribution in [1.82, 2.24) is 5.32 Å². The zero-order valence-electron chi connectivity index (χ0n) is 12.6. The van der Waals surface area contributed by atoms with Crippen LogP contribution >= 0.6 is 11.6 Å². The van der Waals surface area contributed by atoms with Gasteiger partial charge in [0.05, 0.1) is 6.42 Å². The van der Waals surface area contributed by atoms with Gasteiger partial charge < -0.3 is 10.1 Å². The van der Waals surface area contributed by atoms with Crippen molar-refractivity contribution in [3.8, 4) is 0 Å². The standard InChI is InChI=1S/C18H18ClNO3/c19-16-9-5-4-8-15(16)12-18(22)23-13-17(21)20-11-10-14-6-2-1-3-7-14/h1-9H,10-13H2,(H,20,21). The number of carbonyl (C=O) groups is 2. The second kappa shape index (κ2) is 8.96. The Labute approximate surface area is 140 Å². The Balaban J connectivity index is 1.66. The maximum Gasteiger partial charge on any atom is 0.310 e. The summed E-state index contributed by atoms with van der Waals surface area (Å²) in [7, 11) is 0. The Kier molecular flexibility index (Phi) is 6.63. The molecule has 1 amide bonds. The molecule has 0 fully saturated rings. The molecule has 0 unspecified atom stereocenters. The van der Waals surface area contributed by atoms with Gasteiger partial charge in [-0.3, -0.25) is 9.59 Å². The van der Waals surface area contributed by atoms with E-state index in [2.05, 4.69) is 5.32 Å². The van der Waals surface area contributed by atoms with Crippen LogP contribution in [0.1, 0.15) is 11.1 Å². The van der Waals surface area contributed by atoms with Crippen LogP contribution in [-0.2, 0) is 27.2 Å². The zero-order valence-corrected chi connectivity index (χ0v) is 13.4. The number of halogens is 1. The molecule has 0 spiro atoms. The number of benzene rings is 2. The highest BCUT2D eigenvalue weighted by atomic mass is 35.5. The van der Waals surface area contributed by atoms with E-state index in [1.54, 1.807) is 24.3 Å². The Morgan fingerprint density at radius 2 is 1.70 bits per heavy atom. The third-order valence-electron chi connectivity index (χ3n) is 3.24. The summed E-state index contributed by atoms with van der Waals surface area (Å²) in [5.74, 6) is -0.787. The summed E-state index contributed by atoms with van der Waals surface area (Å²) in [4.78, 5) is 23.3. The van der Waals surface area contributed by atoms with E-state index >= 15 is 0 Å². The first-order chi connectivity index (χ1) is 11.1. The summed E-state index contributed by atoms with van der Waals surface area (Å²) in [6.07, 6.45) is 0.789. The molecule has 2 rings (SSSR count). The molecule has 0 aliphatic heterocycles. The molecule has 4 nitrogen and oxygen atoms in total. The summed E-state index contributed by atoms with van der Waals surface area (Å²) < 4.78 is 4.96. The van der Waals surface area contributed by atoms with Gasteiger partial charge in [-0.2, -0.15) is 0 Å². The largest absolute Gasteiger partial charge is 0.455 e. The van der Waals surface area contributed by atoms with Crippen LogP contribution in [0.15, 0.2) is 54.6 Å².